The number of benzene rings is 1. The van der Waals surface area contributed by atoms with E-state index >= 15 is 0 Å². The van der Waals surface area contributed by atoms with E-state index in [1.54, 1.807) is 6.92 Å². The van der Waals surface area contributed by atoms with Crippen molar-refractivity contribution in [2.75, 3.05) is 0 Å². The highest BCUT2D eigenvalue weighted by molar-refractivity contribution is 5.89. The summed E-state index contributed by atoms with van der Waals surface area (Å²) in [6.45, 7) is 5.46. The van der Waals surface area contributed by atoms with E-state index in [0.29, 0.717) is 12.2 Å². The molecule has 0 saturated heterocycles. The Balaban J connectivity index is 1.56. The van der Waals surface area contributed by atoms with Crippen LogP contribution in [0.2, 0.25) is 0 Å². The summed E-state index contributed by atoms with van der Waals surface area (Å²) < 4.78 is 5.64. The molecule has 0 aliphatic heterocycles. The lowest BCUT2D eigenvalue weighted by atomic mass is 9.82. The molecule has 5 atom stereocenters. The molecule has 3 N–H and O–H groups in total. The maximum Gasteiger partial charge on any atom is 0.307 e. The summed E-state index contributed by atoms with van der Waals surface area (Å²) in [7, 11) is 0. The Morgan fingerprint density at radius 1 is 1.04 bits per heavy atom. The number of nitrogens with one attached hydrogen (secondary N) is 2. The van der Waals surface area contributed by atoms with Gasteiger partial charge in [-0.1, -0.05) is 18.2 Å². The molecule has 0 spiro atoms. The molecule has 0 radical (unpaired) electrons. The second kappa shape index (κ2) is 7.42. The van der Waals surface area contributed by atoms with Gasteiger partial charge in [0.15, 0.2) is 6.10 Å². The van der Waals surface area contributed by atoms with Crippen LogP contribution >= 0.6 is 0 Å². The third kappa shape index (κ3) is 3.97. The van der Waals surface area contributed by atoms with Crippen LogP contribution in [0.15, 0.2) is 30.4 Å². The Morgan fingerprint density at radius 2 is 1.63 bits per heavy atom. The van der Waals surface area contributed by atoms with Gasteiger partial charge >= 0.3 is 5.97 Å². The molecule has 2 aliphatic carbocycles. The Morgan fingerprint density at radius 3 is 2.22 bits per heavy atom. The first-order valence-electron chi connectivity index (χ1n) is 9.02. The molecule has 1 aromatic rings. The van der Waals surface area contributed by atoms with E-state index in [1.165, 1.54) is 0 Å². The zero-order valence-electron chi connectivity index (χ0n) is 15.6. The summed E-state index contributed by atoms with van der Waals surface area (Å²) in [5, 5.41) is 9.41. The molecule has 3 rings (SSSR count). The fourth-order valence-corrected chi connectivity index (χ4v) is 4.08. The first kappa shape index (κ1) is 18.9. The van der Waals surface area contributed by atoms with E-state index in [-0.39, 0.29) is 11.8 Å². The number of hydrogen-bond donors (Lipinski definition) is 3. The van der Waals surface area contributed by atoms with Crippen LogP contribution in [-0.4, -0.2) is 29.0 Å². The van der Waals surface area contributed by atoms with Gasteiger partial charge in [0.05, 0.1) is 11.8 Å². The van der Waals surface area contributed by atoms with Crippen molar-refractivity contribution in [3.63, 3.8) is 0 Å². The first-order valence-corrected chi connectivity index (χ1v) is 9.02. The summed E-state index contributed by atoms with van der Waals surface area (Å²) >= 11 is 0. The van der Waals surface area contributed by atoms with Gasteiger partial charge in [0.25, 0.3) is 5.91 Å². The van der Waals surface area contributed by atoms with E-state index in [4.69, 9.17) is 4.74 Å². The second-order valence-electron chi connectivity index (χ2n) is 7.40. The number of carbonyl (C=O) groups is 3. The average molecular weight is 372 g/mol. The van der Waals surface area contributed by atoms with E-state index < -0.39 is 35.7 Å². The second-order valence-corrected chi connectivity index (χ2v) is 7.40. The van der Waals surface area contributed by atoms with Gasteiger partial charge in [0.1, 0.15) is 5.75 Å². The molecule has 1 aromatic carbocycles. The van der Waals surface area contributed by atoms with Crippen LogP contribution in [0.4, 0.5) is 0 Å². The maximum atomic E-state index is 12.5. The Labute approximate surface area is 157 Å². The average Bonchev–Trinajstić information content (AvgIpc) is 3.19. The lowest BCUT2D eigenvalue weighted by molar-refractivity contribution is -0.148. The molecule has 27 heavy (non-hydrogen) atoms. The molecule has 2 aliphatic rings. The molecule has 144 valence electrons. The molecule has 1 saturated carbocycles. The van der Waals surface area contributed by atoms with Gasteiger partial charge in [-0.05, 0) is 62.3 Å². The maximum absolute atomic E-state index is 12.5. The third-order valence-corrected chi connectivity index (χ3v) is 5.23. The number of carboxylic acid groups (broad SMARTS) is 1. The lowest BCUT2D eigenvalue weighted by Crippen LogP contribution is -2.51. The minimum Gasteiger partial charge on any atom is -0.481 e. The van der Waals surface area contributed by atoms with E-state index in [1.807, 2.05) is 44.2 Å². The molecule has 0 aromatic heterocycles. The van der Waals surface area contributed by atoms with Crippen molar-refractivity contribution < 1.29 is 24.2 Å². The van der Waals surface area contributed by atoms with E-state index in [9.17, 15) is 19.5 Å². The zero-order chi connectivity index (χ0) is 19.7. The SMILES string of the molecule is Cc1cc(C)cc(O[C@H](C)C(=O)NNC(=O)[C@H]2[C@@H](C(=O)O)[C@H]3C=C[C@H]2C3)c1. The number of rotatable bonds is 5. The number of allylic oxidation sites excluding steroid dienone is 2. The zero-order valence-corrected chi connectivity index (χ0v) is 15.6. The summed E-state index contributed by atoms with van der Waals surface area (Å²) in [4.78, 5) is 36.2. The predicted molar refractivity (Wildman–Crippen MR) is 97.6 cm³/mol. The van der Waals surface area contributed by atoms with E-state index in [0.717, 1.165) is 11.1 Å². The van der Waals surface area contributed by atoms with Gasteiger partial charge in [0.2, 0.25) is 5.91 Å². The van der Waals surface area contributed by atoms with Gasteiger partial charge in [-0.25, -0.2) is 0 Å². The third-order valence-electron chi connectivity index (χ3n) is 5.23. The number of hydrazine groups is 1. The van der Waals surface area contributed by atoms with Crippen molar-refractivity contribution >= 4 is 17.8 Å². The first-order chi connectivity index (χ1) is 12.8. The normalized spacial score (nSPS) is 26.5. The molecule has 0 heterocycles. The van der Waals surface area contributed by atoms with Crippen LogP contribution in [0.25, 0.3) is 0 Å². The molecular formula is C20H24N2O5. The van der Waals surface area contributed by atoms with Crippen molar-refractivity contribution in [1.82, 2.24) is 10.9 Å². The van der Waals surface area contributed by atoms with Crippen LogP contribution < -0.4 is 15.6 Å². The molecule has 2 amide bonds. The number of aryl methyl sites for hydroxylation is 2. The largest absolute Gasteiger partial charge is 0.481 e. The Kier molecular flexibility index (Phi) is 5.21. The number of amides is 2. The minimum absolute atomic E-state index is 0.100. The number of aliphatic carboxylic acids is 1. The fraction of sp³-hybridized carbons (Fsp3) is 0.450. The number of hydrogen-bond acceptors (Lipinski definition) is 4. The predicted octanol–water partition coefficient (Wildman–Crippen LogP) is 1.74. The minimum atomic E-state index is -0.982. The van der Waals surface area contributed by atoms with Crippen LogP contribution in [0.3, 0.4) is 0 Å². The topological polar surface area (TPSA) is 105 Å². The Bertz CT molecular complexity index is 783. The van der Waals surface area contributed by atoms with Gasteiger partial charge < -0.3 is 9.84 Å². The van der Waals surface area contributed by atoms with Crippen molar-refractivity contribution in [3.8, 4) is 5.75 Å². The smallest absolute Gasteiger partial charge is 0.307 e. The molecule has 7 nitrogen and oxygen atoms in total. The van der Waals surface area contributed by atoms with Crippen LogP contribution in [0, 0.1) is 37.5 Å². The molecule has 1 fully saturated rings. The molecule has 7 heteroatoms. The van der Waals surface area contributed by atoms with Gasteiger partial charge in [-0.15, -0.1) is 0 Å². The molecule has 2 bridgehead atoms. The number of carboxylic acids is 1. The van der Waals surface area contributed by atoms with Crippen LogP contribution in [0.1, 0.15) is 24.5 Å². The van der Waals surface area contributed by atoms with Gasteiger partial charge in [-0.3, -0.25) is 25.2 Å². The van der Waals surface area contributed by atoms with Crippen molar-refractivity contribution in [3.05, 3.63) is 41.5 Å². The number of fused-ring (bicyclic) bond motifs is 2. The molecular weight excluding hydrogens is 348 g/mol. The highest BCUT2D eigenvalue weighted by atomic mass is 16.5. The highest BCUT2D eigenvalue weighted by Gasteiger charge is 2.51. The number of ether oxygens (including phenoxy) is 1. The fourth-order valence-electron chi connectivity index (χ4n) is 4.08. The van der Waals surface area contributed by atoms with Crippen molar-refractivity contribution in [2.24, 2.45) is 23.7 Å². The van der Waals surface area contributed by atoms with Crippen LogP contribution in [-0.2, 0) is 14.4 Å². The lowest BCUT2D eigenvalue weighted by Gasteiger charge is -2.24. The van der Waals surface area contributed by atoms with Gasteiger partial charge in [-0.2, -0.15) is 0 Å². The quantitative estimate of drug-likeness (QED) is 0.539. The Hall–Kier alpha value is -2.83. The van der Waals surface area contributed by atoms with Crippen molar-refractivity contribution in [2.45, 2.75) is 33.3 Å². The van der Waals surface area contributed by atoms with Crippen molar-refractivity contribution in [1.29, 1.82) is 0 Å². The summed E-state index contributed by atoms with van der Waals surface area (Å²) in [5.41, 5.74) is 6.76. The highest BCUT2D eigenvalue weighted by Crippen LogP contribution is 2.48. The number of carbonyl (C=O) groups excluding carboxylic acids is 2. The standard InChI is InChI=1S/C20H24N2O5/c1-10-6-11(2)8-15(7-10)27-12(3)18(23)21-22-19(24)16-13-4-5-14(9-13)17(16)20(25)26/h4-8,12-14,16-17H,9H2,1-3H3,(H,21,23)(H,22,24)(H,25,26)/t12-,13+,14+,16-,17+/m1/s1. The van der Waals surface area contributed by atoms with Crippen LogP contribution in [0.5, 0.6) is 5.75 Å². The summed E-state index contributed by atoms with van der Waals surface area (Å²) in [5.74, 6) is -3.04. The summed E-state index contributed by atoms with van der Waals surface area (Å²) in [6, 6.07) is 5.66. The monoisotopic (exact) mass is 372 g/mol. The molecule has 0 unspecified atom stereocenters. The van der Waals surface area contributed by atoms with E-state index in [2.05, 4.69) is 10.9 Å². The summed E-state index contributed by atoms with van der Waals surface area (Å²) in [6.07, 6.45) is 3.60. The van der Waals surface area contributed by atoms with Gasteiger partial charge in [0, 0.05) is 0 Å².